The Morgan fingerprint density at radius 1 is 1.24 bits per heavy atom. The molecular formula is C15H21Cl2NO2S. The summed E-state index contributed by atoms with van der Waals surface area (Å²) in [6.45, 7) is 2.30. The molecule has 1 aromatic rings. The zero-order chi connectivity index (χ0) is 15.8. The van der Waals surface area contributed by atoms with Gasteiger partial charge in [-0.25, -0.2) is 8.42 Å². The largest absolute Gasteiger partial charge is 0.308 e. The van der Waals surface area contributed by atoms with Crippen molar-refractivity contribution in [3.63, 3.8) is 0 Å². The first-order chi connectivity index (χ1) is 9.70. The number of hydrogen-bond donors (Lipinski definition) is 0. The number of rotatable bonds is 5. The van der Waals surface area contributed by atoms with Gasteiger partial charge in [-0.15, -0.1) is 0 Å². The second-order valence-corrected chi connectivity index (χ2v) is 9.59. The van der Waals surface area contributed by atoms with Crippen LogP contribution in [0.15, 0.2) is 18.2 Å². The molecule has 6 heteroatoms. The molecule has 1 atom stereocenters. The summed E-state index contributed by atoms with van der Waals surface area (Å²) in [6.07, 6.45) is 2.24. The van der Waals surface area contributed by atoms with Crippen LogP contribution in [0.3, 0.4) is 0 Å². The van der Waals surface area contributed by atoms with Gasteiger partial charge in [0.1, 0.15) is 0 Å². The average Bonchev–Trinajstić information content (AvgIpc) is 2.31. The third-order valence-electron chi connectivity index (χ3n) is 4.30. The van der Waals surface area contributed by atoms with Gasteiger partial charge in [0.15, 0.2) is 9.84 Å². The molecule has 0 saturated heterocycles. The summed E-state index contributed by atoms with van der Waals surface area (Å²) in [7, 11) is 0.490. The van der Waals surface area contributed by atoms with Gasteiger partial charge in [-0.1, -0.05) is 29.3 Å². The Balaban J connectivity index is 2.43. The summed E-state index contributed by atoms with van der Waals surface area (Å²) in [5, 5.41) is 0.451. The van der Waals surface area contributed by atoms with Gasteiger partial charge >= 0.3 is 0 Å². The quantitative estimate of drug-likeness (QED) is 0.812. The molecule has 0 aliphatic heterocycles. The fraction of sp³-hybridized carbons (Fsp3) is 0.600. The lowest BCUT2D eigenvalue weighted by Crippen LogP contribution is -2.48. The summed E-state index contributed by atoms with van der Waals surface area (Å²) in [5.74, 6) is 0. The molecule has 1 saturated carbocycles. The van der Waals surface area contributed by atoms with Gasteiger partial charge in [0.2, 0.25) is 0 Å². The third-order valence-corrected chi connectivity index (χ3v) is 7.98. The molecule has 0 heterocycles. The lowest BCUT2D eigenvalue weighted by Gasteiger charge is -2.43. The predicted molar refractivity (Wildman–Crippen MR) is 88.9 cm³/mol. The Kier molecular flexibility index (Phi) is 4.94. The monoisotopic (exact) mass is 349 g/mol. The molecule has 0 amide bonds. The van der Waals surface area contributed by atoms with Crippen LogP contribution in [0, 0.1) is 0 Å². The summed E-state index contributed by atoms with van der Waals surface area (Å²) in [4.78, 5) is 1.91. The molecule has 118 valence electrons. The lowest BCUT2D eigenvalue weighted by molar-refractivity contribution is 0.333. The van der Waals surface area contributed by atoms with Crippen molar-refractivity contribution >= 4 is 33.0 Å². The van der Waals surface area contributed by atoms with E-state index in [0.29, 0.717) is 29.4 Å². The molecule has 21 heavy (non-hydrogen) atoms. The van der Waals surface area contributed by atoms with Crippen LogP contribution in [0.1, 0.15) is 31.7 Å². The Hall–Kier alpha value is -0.290. The Labute approximate surface area is 137 Å². The fourth-order valence-corrected chi connectivity index (χ4v) is 5.89. The Morgan fingerprint density at radius 2 is 1.86 bits per heavy atom. The molecule has 0 N–H and O–H groups in total. The summed E-state index contributed by atoms with van der Waals surface area (Å²) in [5.41, 5.74) is 0.772. The van der Waals surface area contributed by atoms with Gasteiger partial charge in [0, 0.05) is 6.54 Å². The summed E-state index contributed by atoms with van der Waals surface area (Å²) in [6, 6.07) is 5.20. The molecule has 1 unspecified atom stereocenters. The van der Waals surface area contributed by atoms with Crippen LogP contribution in [0.2, 0.25) is 10.0 Å². The number of sulfone groups is 1. The van der Waals surface area contributed by atoms with Crippen molar-refractivity contribution in [2.24, 2.45) is 0 Å². The zero-order valence-corrected chi connectivity index (χ0v) is 14.9. The van der Waals surface area contributed by atoms with E-state index in [4.69, 9.17) is 23.2 Å². The maximum Gasteiger partial charge on any atom is 0.163 e. The molecule has 0 radical (unpaired) electrons. The van der Waals surface area contributed by atoms with Gasteiger partial charge < -0.3 is 4.90 Å². The maximum atomic E-state index is 13.1. The Morgan fingerprint density at radius 3 is 2.29 bits per heavy atom. The lowest BCUT2D eigenvalue weighted by atomic mass is 9.79. The maximum absolute atomic E-state index is 13.1. The normalized spacial score (nSPS) is 19.3. The van der Waals surface area contributed by atoms with E-state index in [-0.39, 0.29) is 0 Å². The summed E-state index contributed by atoms with van der Waals surface area (Å²) < 4.78 is 25.3. The smallest absolute Gasteiger partial charge is 0.163 e. The minimum Gasteiger partial charge on any atom is -0.308 e. The van der Waals surface area contributed by atoms with E-state index in [1.807, 2.05) is 19.0 Å². The number of hydrogen-bond acceptors (Lipinski definition) is 3. The van der Waals surface area contributed by atoms with E-state index >= 15 is 0 Å². The van der Waals surface area contributed by atoms with E-state index in [2.05, 4.69) is 0 Å². The minimum absolute atomic E-state index is 0.413. The predicted octanol–water partition coefficient (Wildman–Crippen LogP) is 3.74. The molecule has 2 rings (SSSR count). The molecule has 1 aliphatic carbocycles. The molecule has 3 nitrogen and oxygen atoms in total. The van der Waals surface area contributed by atoms with Crippen molar-refractivity contribution in [1.82, 2.24) is 4.90 Å². The highest BCUT2D eigenvalue weighted by atomic mass is 35.5. The number of nitrogens with zero attached hydrogens (tertiary/aromatic N) is 1. The first-order valence-electron chi connectivity index (χ1n) is 7.04. The van der Waals surface area contributed by atoms with E-state index in [0.717, 1.165) is 12.0 Å². The van der Waals surface area contributed by atoms with Crippen LogP contribution >= 0.6 is 23.2 Å². The van der Waals surface area contributed by atoms with Crippen LogP contribution in [-0.2, 0) is 14.6 Å². The van der Waals surface area contributed by atoms with Crippen LogP contribution < -0.4 is 0 Å². The van der Waals surface area contributed by atoms with Gasteiger partial charge in [-0.05, 0) is 58.0 Å². The van der Waals surface area contributed by atoms with E-state index < -0.39 is 19.8 Å². The molecule has 0 aromatic heterocycles. The third kappa shape index (κ3) is 2.96. The van der Waals surface area contributed by atoms with Crippen LogP contribution in [0.4, 0.5) is 0 Å². The number of halogens is 2. The first-order valence-corrected chi connectivity index (χ1v) is 9.34. The highest BCUT2D eigenvalue weighted by molar-refractivity contribution is 7.93. The standard InChI is InChI=1S/C15H21Cl2NO2S/c1-11(10-18(2)3)21(19,20)15(7-4-8-15)12-5-6-13(16)14(17)9-12/h5-6,9,11H,4,7-8,10H2,1-3H3. The van der Waals surface area contributed by atoms with E-state index in [1.165, 1.54) is 0 Å². The molecular weight excluding hydrogens is 329 g/mol. The van der Waals surface area contributed by atoms with Crippen LogP contribution in [0.5, 0.6) is 0 Å². The summed E-state index contributed by atoms with van der Waals surface area (Å²) >= 11 is 12.0. The van der Waals surface area contributed by atoms with Crippen molar-refractivity contribution in [3.8, 4) is 0 Å². The van der Waals surface area contributed by atoms with Crippen LogP contribution in [0.25, 0.3) is 0 Å². The van der Waals surface area contributed by atoms with Crippen molar-refractivity contribution < 1.29 is 8.42 Å². The molecule has 0 bridgehead atoms. The second-order valence-electron chi connectivity index (χ2n) is 6.09. The zero-order valence-electron chi connectivity index (χ0n) is 12.6. The van der Waals surface area contributed by atoms with Gasteiger partial charge in [-0.2, -0.15) is 0 Å². The SMILES string of the molecule is CC(CN(C)C)S(=O)(=O)C1(c2ccc(Cl)c(Cl)c2)CCC1. The molecule has 0 spiro atoms. The number of benzene rings is 1. The van der Waals surface area contributed by atoms with Gasteiger partial charge in [0.25, 0.3) is 0 Å². The van der Waals surface area contributed by atoms with E-state index in [9.17, 15) is 8.42 Å². The van der Waals surface area contributed by atoms with Gasteiger partial charge in [-0.3, -0.25) is 0 Å². The topological polar surface area (TPSA) is 37.4 Å². The highest BCUT2D eigenvalue weighted by Gasteiger charge is 2.52. The molecule has 1 aromatic carbocycles. The molecule has 1 fully saturated rings. The Bertz CT molecular complexity index is 625. The van der Waals surface area contributed by atoms with Gasteiger partial charge in [0.05, 0.1) is 20.0 Å². The first kappa shape index (κ1) is 17.1. The van der Waals surface area contributed by atoms with Crippen molar-refractivity contribution in [1.29, 1.82) is 0 Å². The second kappa shape index (κ2) is 6.07. The van der Waals surface area contributed by atoms with Crippen LogP contribution in [-0.4, -0.2) is 39.2 Å². The van der Waals surface area contributed by atoms with E-state index in [1.54, 1.807) is 25.1 Å². The molecule has 1 aliphatic rings. The van der Waals surface area contributed by atoms with Crippen molar-refractivity contribution in [3.05, 3.63) is 33.8 Å². The minimum atomic E-state index is -3.28. The fourth-order valence-electron chi connectivity index (χ4n) is 3.01. The average molecular weight is 350 g/mol. The van der Waals surface area contributed by atoms with Crippen molar-refractivity contribution in [2.75, 3.05) is 20.6 Å². The highest BCUT2D eigenvalue weighted by Crippen LogP contribution is 2.50. The van der Waals surface area contributed by atoms with Crippen molar-refractivity contribution in [2.45, 2.75) is 36.2 Å².